The molecule has 3 heteroatoms. The van der Waals surface area contributed by atoms with Gasteiger partial charge in [-0.2, -0.15) is 0 Å². The molecule has 3 nitrogen and oxygen atoms in total. The van der Waals surface area contributed by atoms with Crippen LogP contribution in [0.2, 0.25) is 0 Å². The van der Waals surface area contributed by atoms with Crippen LogP contribution in [0.3, 0.4) is 0 Å². The SMILES string of the molecule is COC(C)(C)c1ccccc1C1CNCCO1. The van der Waals surface area contributed by atoms with E-state index >= 15 is 0 Å². The van der Waals surface area contributed by atoms with E-state index in [9.17, 15) is 0 Å². The molecule has 1 N–H and O–H groups in total. The van der Waals surface area contributed by atoms with Crippen LogP contribution in [0.4, 0.5) is 0 Å². The molecule has 1 aliphatic heterocycles. The van der Waals surface area contributed by atoms with Crippen molar-refractivity contribution in [3.63, 3.8) is 0 Å². The minimum Gasteiger partial charge on any atom is -0.374 e. The van der Waals surface area contributed by atoms with E-state index in [1.807, 2.05) is 0 Å². The highest BCUT2D eigenvalue weighted by Crippen LogP contribution is 2.32. The van der Waals surface area contributed by atoms with Crippen LogP contribution in [0.5, 0.6) is 0 Å². The van der Waals surface area contributed by atoms with Crippen molar-refractivity contribution in [1.29, 1.82) is 0 Å². The Morgan fingerprint density at radius 3 is 2.76 bits per heavy atom. The van der Waals surface area contributed by atoms with E-state index in [2.05, 4.69) is 43.4 Å². The average molecular weight is 235 g/mol. The first kappa shape index (κ1) is 12.6. The lowest BCUT2D eigenvalue weighted by Crippen LogP contribution is -2.35. The van der Waals surface area contributed by atoms with Crippen molar-refractivity contribution >= 4 is 0 Å². The third-order valence-electron chi connectivity index (χ3n) is 3.39. The summed E-state index contributed by atoms with van der Waals surface area (Å²) < 4.78 is 11.4. The number of nitrogens with one attached hydrogen (secondary N) is 1. The number of methoxy groups -OCH3 is 1. The molecule has 1 atom stereocenters. The maximum atomic E-state index is 5.83. The number of rotatable bonds is 3. The van der Waals surface area contributed by atoms with Gasteiger partial charge in [-0.3, -0.25) is 0 Å². The molecule has 1 unspecified atom stereocenters. The Balaban J connectivity index is 2.33. The van der Waals surface area contributed by atoms with E-state index in [4.69, 9.17) is 9.47 Å². The minimum atomic E-state index is -0.280. The molecule has 1 heterocycles. The van der Waals surface area contributed by atoms with Crippen LogP contribution in [-0.4, -0.2) is 26.8 Å². The summed E-state index contributed by atoms with van der Waals surface area (Å²) in [7, 11) is 1.75. The average Bonchev–Trinajstić information content (AvgIpc) is 2.40. The molecule has 1 aromatic rings. The van der Waals surface area contributed by atoms with Crippen LogP contribution in [0.1, 0.15) is 31.1 Å². The lowest BCUT2D eigenvalue weighted by molar-refractivity contribution is 0.00462. The summed E-state index contributed by atoms with van der Waals surface area (Å²) in [4.78, 5) is 0. The smallest absolute Gasteiger partial charge is 0.0953 e. The van der Waals surface area contributed by atoms with Gasteiger partial charge >= 0.3 is 0 Å². The Labute approximate surface area is 103 Å². The Kier molecular flexibility index (Phi) is 3.82. The van der Waals surface area contributed by atoms with Crippen LogP contribution in [0.15, 0.2) is 24.3 Å². The van der Waals surface area contributed by atoms with Crippen molar-refractivity contribution in [3.8, 4) is 0 Å². The van der Waals surface area contributed by atoms with Gasteiger partial charge in [0.05, 0.1) is 18.3 Å². The number of hydrogen-bond donors (Lipinski definition) is 1. The summed E-state index contributed by atoms with van der Waals surface area (Å²) in [6.07, 6.45) is 0.134. The normalized spacial score (nSPS) is 21.5. The van der Waals surface area contributed by atoms with E-state index in [1.54, 1.807) is 7.11 Å². The molecule has 1 saturated heterocycles. The highest BCUT2D eigenvalue weighted by Gasteiger charge is 2.27. The highest BCUT2D eigenvalue weighted by molar-refractivity contribution is 5.34. The molecule has 94 valence electrons. The van der Waals surface area contributed by atoms with Gasteiger partial charge in [-0.05, 0) is 25.0 Å². The van der Waals surface area contributed by atoms with E-state index in [0.29, 0.717) is 0 Å². The zero-order chi connectivity index (χ0) is 12.3. The van der Waals surface area contributed by atoms with Gasteiger partial charge in [-0.25, -0.2) is 0 Å². The molecule has 0 amide bonds. The van der Waals surface area contributed by atoms with Gasteiger partial charge in [0, 0.05) is 20.2 Å². The molecule has 0 aliphatic carbocycles. The topological polar surface area (TPSA) is 30.5 Å². The van der Waals surface area contributed by atoms with Gasteiger partial charge in [-0.1, -0.05) is 24.3 Å². The molecule has 1 aromatic carbocycles. The molecule has 0 radical (unpaired) electrons. The van der Waals surface area contributed by atoms with Gasteiger partial charge < -0.3 is 14.8 Å². The fourth-order valence-corrected chi connectivity index (χ4v) is 2.20. The molecule has 1 fully saturated rings. The lowest BCUT2D eigenvalue weighted by atomic mass is 9.90. The molecule has 0 saturated carbocycles. The van der Waals surface area contributed by atoms with Gasteiger partial charge in [0.2, 0.25) is 0 Å². The highest BCUT2D eigenvalue weighted by atomic mass is 16.5. The molecule has 0 spiro atoms. The summed E-state index contributed by atoms with van der Waals surface area (Å²) in [5.74, 6) is 0. The summed E-state index contributed by atoms with van der Waals surface area (Å²) in [5.41, 5.74) is 2.15. The second-order valence-corrected chi connectivity index (χ2v) is 4.87. The lowest BCUT2D eigenvalue weighted by Gasteiger charge is -2.31. The molecular weight excluding hydrogens is 214 g/mol. The number of hydrogen-bond acceptors (Lipinski definition) is 3. The van der Waals surface area contributed by atoms with E-state index < -0.39 is 0 Å². The fourth-order valence-electron chi connectivity index (χ4n) is 2.20. The first-order valence-electron chi connectivity index (χ1n) is 6.12. The number of benzene rings is 1. The van der Waals surface area contributed by atoms with Crippen molar-refractivity contribution < 1.29 is 9.47 Å². The summed E-state index contributed by atoms with van der Waals surface area (Å²) in [6, 6.07) is 8.36. The number of ether oxygens (including phenoxy) is 2. The zero-order valence-electron chi connectivity index (χ0n) is 10.8. The third kappa shape index (κ3) is 2.68. The Bertz CT molecular complexity index is 370. The molecule has 17 heavy (non-hydrogen) atoms. The maximum absolute atomic E-state index is 5.83. The summed E-state index contributed by atoms with van der Waals surface area (Å²) in [6.45, 7) is 6.75. The Morgan fingerprint density at radius 1 is 1.35 bits per heavy atom. The van der Waals surface area contributed by atoms with E-state index in [0.717, 1.165) is 19.7 Å². The van der Waals surface area contributed by atoms with Crippen molar-refractivity contribution in [2.24, 2.45) is 0 Å². The first-order valence-corrected chi connectivity index (χ1v) is 6.12. The van der Waals surface area contributed by atoms with Crippen LogP contribution in [0.25, 0.3) is 0 Å². The predicted octanol–water partition coefficient (Wildman–Crippen LogP) is 2.23. The van der Waals surface area contributed by atoms with Crippen molar-refractivity contribution in [1.82, 2.24) is 5.32 Å². The molecule has 2 rings (SSSR count). The molecule has 0 aromatic heterocycles. The van der Waals surface area contributed by atoms with E-state index in [-0.39, 0.29) is 11.7 Å². The molecule has 0 bridgehead atoms. The summed E-state index contributed by atoms with van der Waals surface area (Å²) >= 11 is 0. The Hall–Kier alpha value is -0.900. The van der Waals surface area contributed by atoms with Crippen molar-refractivity contribution in [2.45, 2.75) is 25.6 Å². The molecule has 1 aliphatic rings. The fraction of sp³-hybridized carbons (Fsp3) is 0.571. The number of morpholine rings is 1. The van der Waals surface area contributed by atoms with Crippen LogP contribution in [0, 0.1) is 0 Å². The quantitative estimate of drug-likeness (QED) is 0.871. The van der Waals surface area contributed by atoms with Gasteiger partial charge in [0.15, 0.2) is 0 Å². The predicted molar refractivity (Wildman–Crippen MR) is 68.0 cm³/mol. The summed E-state index contributed by atoms with van der Waals surface area (Å²) in [5, 5.41) is 3.36. The van der Waals surface area contributed by atoms with Gasteiger partial charge in [-0.15, -0.1) is 0 Å². The van der Waals surface area contributed by atoms with Crippen LogP contribution >= 0.6 is 0 Å². The van der Waals surface area contributed by atoms with Crippen LogP contribution < -0.4 is 5.32 Å². The zero-order valence-corrected chi connectivity index (χ0v) is 10.8. The largest absolute Gasteiger partial charge is 0.374 e. The standard InChI is InChI=1S/C14H21NO2/c1-14(2,16-3)12-7-5-4-6-11(12)13-10-15-8-9-17-13/h4-7,13,15H,8-10H2,1-3H3. The van der Waals surface area contributed by atoms with Gasteiger partial charge in [0.25, 0.3) is 0 Å². The maximum Gasteiger partial charge on any atom is 0.0953 e. The van der Waals surface area contributed by atoms with Crippen LogP contribution in [-0.2, 0) is 15.1 Å². The first-order chi connectivity index (χ1) is 8.15. The Morgan fingerprint density at radius 2 is 2.12 bits per heavy atom. The molecular formula is C14H21NO2. The van der Waals surface area contributed by atoms with E-state index in [1.165, 1.54) is 11.1 Å². The van der Waals surface area contributed by atoms with Crippen molar-refractivity contribution in [2.75, 3.05) is 26.8 Å². The monoisotopic (exact) mass is 235 g/mol. The van der Waals surface area contributed by atoms with Crippen molar-refractivity contribution in [3.05, 3.63) is 35.4 Å². The second kappa shape index (κ2) is 5.17. The third-order valence-corrected chi connectivity index (χ3v) is 3.39. The minimum absolute atomic E-state index is 0.134. The second-order valence-electron chi connectivity index (χ2n) is 4.87. The van der Waals surface area contributed by atoms with Gasteiger partial charge in [0.1, 0.15) is 0 Å².